The molecule has 0 aliphatic carbocycles. The molecular weight excluding hydrogens is 354 g/mol. The number of ether oxygens (including phenoxy) is 2. The molecule has 0 aromatic heterocycles. The van der Waals surface area contributed by atoms with Crippen molar-refractivity contribution in [1.29, 1.82) is 0 Å². The van der Waals surface area contributed by atoms with E-state index in [1.54, 1.807) is 7.11 Å². The van der Waals surface area contributed by atoms with Crippen molar-refractivity contribution >= 4 is 33.2 Å². The summed E-state index contributed by atoms with van der Waals surface area (Å²) in [6.07, 6.45) is 0. The number of rotatable bonds is 6. The van der Waals surface area contributed by atoms with E-state index < -0.39 is 0 Å². The van der Waals surface area contributed by atoms with Crippen LogP contribution in [0.5, 0.6) is 11.5 Å². The van der Waals surface area contributed by atoms with Crippen LogP contribution in [-0.4, -0.2) is 13.7 Å². The van der Waals surface area contributed by atoms with Crippen LogP contribution in [0.15, 0.2) is 40.9 Å². The Morgan fingerprint density at radius 2 is 1.95 bits per heavy atom. The highest BCUT2D eigenvalue weighted by Crippen LogP contribution is 2.30. The predicted octanol–water partition coefficient (Wildman–Crippen LogP) is 5.12. The van der Waals surface area contributed by atoms with E-state index in [0.717, 1.165) is 32.2 Å². The molecule has 0 saturated heterocycles. The van der Waals surface area contributed by atoms with Gasteiger partial charge in [0, 0.05) is 27.8 Å². The molecule has 5 heteroatoms. The lowest BCUT2D eigenvalue weighted by molar-refractivity contribution is 0.311. The van der Waals surface area contributed by atoms with E-state index in [1.807, 2.05) is 43.3 Å². The zero-order valence-corrected chi connectivity index (χ0v) is 14.3. The molecule has 3 nitrogen and oxygen atoms in total. The Hall–Kier alpha value is -1.39. The zero-order chi connectivity index (χ0) is 15.2. The minimum Gasteiger partial charge on any atom is -0.493 e. The molecule has 0 spiro atoms. The van der Waals surface area contributed by atoms with Gasteiger partial charge in [0.25, 0.3) is 0 Å². The first-order valence-electron chi connectivity index (χ1n) is 6.62. The lowest BCUT2D eigenvalue weighted by atomic mass is 10.2. The van der Waals surface area contributed by atoms with Crippen molar-refractivity contribution in [3.63, 3.8) is 0 Å². The first-order chi connectivity index (χ1) is 10.1. The molecule has 2 aromatic rings. The lowest BCUT2D eigenvalue weighted by Gasteiger charge is -2.13. The summed E-state index contributed by atoms with van der Waals surface area (Å²) in [5, 5.41) is 4.07. The average Bonchev–Trinajstić information content (AvgIpc) is 2.47. The molecule has 112 valence electrons. The number of benzene rings is 2. The van der Waals surface area contributed by atoms with E-state index in [2.05, 4.69) is 21.2 Å². The van der Waals surface area contributed by atoms with Gasteiger partial charge in [0.1, 0.15) is 0 Å². The molecule has 0 radical (unpaired) electrons. The van der Waals surface area contributed by atoms with Gasteiger partial charge in [0.05, 0.1) is 13.7 Å². The molecule has 0 amide bonds. The maximum Gasteiger partial charge on any atom is 0.163 e. The van der Waals surface area contributed by atoms with E-state index in [0.29, 0.717) is 13.2 Å². The van der Waals surface area contributed by atoms with E-state index >= 15 is 0 Å². The van der Waals surface area contributed by atoms with Gasteiger partial charge in [-0.3, -0.25) is 0 Å². The second-order valence-corrected chi connectivity index (χ2v) is 5.71. The zero-order valence-electron chi connectivity index (χ0n) is 12.0. The molecule has 0 atom stereocenters. The van der Waals surface area contributed by atoms with Crippen molar-refractivity contribution in [2.75, 3.05) is 19.0 Å². The van der Waals surface area contributed by atoms with Crippen LogP contribution in [0.2, 0.25) is 5.02 Å². The smallest absolute Gasteiger partial charge is 0.163 e. The fourth-order valence-electron chi connectivity index (χ4n) is 1.92. The Kier molecular flexibility index (Phi) is 5.76. The minimum atomic E-state index is 0.596. The normalized spacial score (nSPS) is 10.3. The summed E-state index contributed by atoms with van der Waals surface area (Å²) in [5.74, 6) is 1.45. The minimum absolute atomic E-state index is 0.596. The quantitative estimate of drug-likeness (QED) is 0.765. The monoisotopic (exact) mass is 369 g/mol. The summed E-state index contributed by atoms with van der Waals surface area (Å²) >= 11 is 9.61. The molecule has 0 aliphatic rings. The van der Waals surface area contributed by atoms with E-state index in [-0.39, 0.29) is 0 Å². The summed E-state index contributed by atoms with van der Waals surface area (Å²) < 4.78 is 11.8. The highest BCUT2D eigenvalue weighted by atomic mass is 79.9. The predicted molar refractivity (Wildman–Crippen MR) is 90.6 cm³/mol. The van der Waals surface area contributed by atoms with Gasteiger partial charge in [-0.15, -0.1) is 0 Å². The summed E-state index contributed by atoms with van der Waals surface area (Å²) in [6, 6.07) is 11.6. The number of methoxy groups -OCH3 is 1. The van der Waals surface area contributed by atoms with Crippen LogP contribution in [0.4, 0.5) is 5.69 Å². The molecule has 0 fully saturated rings. The molecule has 2 rings (SSSR count). The number of hydrogen-bond donors (Lipinski definition) is 1. The van der Waals surface area contributed by atoms with Crippen LogP contribution >= 0.6 is 27.5 Å². The molecule has 2 aromatic carbocycles. The Bertz CT molecular complexity index is 619. The molecule has 21 heavy (non-hydrogen) atoms. The molecule has 0 saturated carbocycles. The standard InChI is InChI=1S/C16H17BrClNO2/c1-3-21-16-9-13(6-7-15(16)20-2)19-10-11-4-5-12(17)8-14(11)18/h4-9,19H,3,10H2,1-2H3. The second-order valence-electron chi connectivity index (χ2n) is 4.39. The van der Waals surface area contributed by atoms with Crippen molar-refractivity contribution < 1.29 is 9.47 Å². The van der Waals surface area contributed by atoms with Gasteiger partial charge >= 0.3 is 0 Å². The Balaban J connectivity index is 2.10. The number of halogens is 2. The van der Waals surface area contributed by atoms with Gasteiger partial charge < -0.3 is 14.8 Å². The van der Waals surface area contributed by atoms with Crippen molar-refractivity contribution in [3.8, 4) is 11.5 Å². The average molecular weight is 371 g/mol. The summed E-state index contributed by atoms with van der Waals surface area (Å²) in [7, 11) is 1.63. The summed E-state index contributed by atoms with van der Waals surface area (Å²) in [5.41, 5.74) is 1.99. The first kappa shape index (κ1) is 16.0. The SMILES string of the molecule is CCOc1cc(NCc2ccc(Br)cc2Cl)ccc1OC. The maximum atomic E-state index is 6.21. The largest absolute Gasteiger partial charge is 0.493 e. The van der Waals surface area contributed by atoms with Crippen LogP contribution in [0.25, 0.3) is 0 Å². The van der Waals surface area contributed by atoms with Crippen LogP contribution in [0.3, 0.4) is 0 Å². The lowest BCUT2D eigenvalue weighted by Crippen LogP contribution is -2.01. The third-order valence-electron chi connectivity index (χ3n) is 2.96. The summed E-state index contributed by atoms with van der Waals surface area (Å²) in [4.78, 5) is 0. The van der Waals surface area contributed by atoms with Gasteiger partial charge in [-0.1, -0.05) is 33.6 Å². The molecular formula is C16H17BrClNO2. The Morgan fingerprint density at radius 1 is 1.14 bits per heavy atom. The van der Waals surface area contributed by atoms with Crippen molar-refractivity contribution in [2.45, 2.75) is 13.5 Å². The highest BCUT2D eigenvalue weighted by Gasteiger charge is 2.06. The van der Waals surface area contributed by atoms with Gasteiger partial charge in [-0.25, -0.2) is 0 Å². The van der Waals surface area contributed by atoms with E-state index in [1.165, 1.54) is 0 Å². The fraction of sp³-hybridized carbons (Fsp3) is 0.250. The van der Waals surface area contributed by atoms with Gasteiger partial charge in [-0.2, -0.15) is 0 Å². The van der Waals surface area contributed by atoms with Crippen LogP contribution in [0.1, 0.15) is 12.5 Å². The third kappa shape index (κ3) is 4.29. The molecule has 0 heterocycles. The first-order valence-corrected chi connectivity index (χ1v) is 7.79. The van der Waals surface area contributed by atoms with Crippen molar-refractivity contribution in [3.05, 3.63) is 51.5 Å². The van der Waals surface area contributed by atoms with Crippen LogP contribution < -0.4 is 14.8 Å². The van der Waals surface area contributed by atoms with Gasteiger partial charge in [0.2, 0.25) is 0 Å². The van der Waals surface area contributed by atoms with Crippen LogP contribution in [-0.2, 0) is 6.54 Å². The fourth-order valence-corrected chi connectivity index (χ4v) is 2.66. The van der Waals surface area contributed by atoms with Gasteiger partial charge in [-0.05, 0) is 36.8 Å². The van der Waals surface area contributed by atoms with Crippen molar-refractivity contribution in [1.82, 2.24) is 0 Å². The molecule has 1 N–H and O–H groups in total. The number of nitrogens with one attached hydrogen (secondary N) is 1. The topological polar surface area (TPSA) is 30.5 Å². The van der Waals surface area contributed by atoms with Crippen LogP contribution in [0, 0.1) is 0 Å². The van der Waals surface area contributed by atoms with Crippen molar-refractivity contribution in [2.24, 2.45) is 0 Å². The highest BCUT2D eigenvalue weighted by molar-refractivity contribution is 9.10. The second kappa shape index (κ2) is 7.57. The maximum absolute atomic E-state index is 6.21. The Morgan fingerprint density at radius 3 is 2.62 bits per heavy atom. The number of anilines is 1. The number of hydrogen-bond acceptors (Lipinski definition) is 3. The van der Waals surface area contributed by atoms with E-state index in [9.17, 15) is 0 Å². The van der Waals surface area contributed by atoms with E-state index in [4.69, 9.17) is 21.1 Å². The molecule has 0 aliphatic heterocycles. The summed E-state index contributed by atoms with van der Waals surface area (Å²) in [6.45, 7) is 3.18. The van der Waals surface area contributed by atoms with Gasteiger partial charge in [0.15, 0.2) is 11.5 Å². The Labute approximate surface area is 138 Å². The molecule has 0 bridgehead atoms. The third-order valence-corrected chi connectivity index (χ3v) is 3.81. The molecule has 0 unspecified atom stereocenters.